The van der Waals surface area contributed by atoms with Gasteiger partial charge < -0.3 is 4.90 Å². The number of piperidine rings is 1. The molecule has 3 heterocycles. The molecule has 2 aliphatic rings. The van der Waals surface area contributed by atoms with Gasteiger partial charge in [0.25, 0.3) is 0 Å². The lowest BCUT2D eigenvalue weighted by Crippen LogP contribution is -2.46. The number of thiazole rings is 1. The Morgan fingerprint density at radius 2 is 2.00 bits per heavy atom. The highest BCUT2D eigenvalue weighted by Crippen LogP contribution is 2.28. The fraction of sp³-hybridized carbons (Fsp3) is 0.680. The summed E-state index contributed by atoms with van der Waals surface area (Å²) in [5, 5.41) is 3.50. The summed E-state index contributed by atoms with van der Waals surface area (Å²) < 4.78 is 0. The van der Waals surface area contributed by atoms with Crippen LogP contribution in [0.25, 0.3) is 0 Å². The molecule has 1 atom stereocenters. The quantitative estimate of drug-likeness (QED) is 0.541. The van der Waals surface area contributed by atoms with Crippen molar-refractivity contribution in [2.24, 2.45) is 5.92 Å². The number of hydrogen-bond donors (Lipinski definition) is 0. The van der Waals surface area contributed by atoms with Crippen molar-refractivity contribution >= 4 is 11.3 Å². The number of rotatable bonds is 8. The molecular formula is C25H38N4S. The van der Waals surface area contributed by atoms with Gasteiger partial charge in [-0.25, -0.2) is 4.98 Å². The maximum absolute atomic E-state index is 4.92. The smallest absolute Gasteiger partial charge is 0.107 e. The van der Waals surface area contributed by atoms with Gasteiger partial charge in [0.05, 0.1) is 12.2 Å². The minimum atomic E-state index is 0.504. The molecule has 1 saturated heterocycles. The number of pyridine rings is 1. The Kier molecular flexibility index (Phi) is 7.91. The maximum atomic E-state index is 4.92. The van der Waals surface area contributed by atoms with E-state index < -0.39 is 0 Å². The molecule has 0 amide bonds. The second-order valence-electron chi connectivity index (χ2n) is 9.65. The first kappa shape index (κ1) is 21.9. The molecule has 4 rings (SSSR count). The summed E-state index contributed by atoms with van der Waals surface area (Å²) in [4.78, 5) is 14.7. The zero-order valence-electron chi connectivity index (χ0n) is 18.8. The van der Waals surface area contributed by atoms with Crippen LogP contribution in [-0.2, 0) is 13.1 Å². The van der Waals surface area contributed by atoms with Crippen molar-refractivity contribution in [3.8, 4) is 0 Å². The number of nitrogens with zero attached hydrogens (tertiary/aromatic N) is 4. The second-order valence-corrected chi connectivity index (χ2v) is 10.6. The van der Waals surface area contributed by atoms with E-state index in [4.69, 9.17) is 4.98 Å². The van der Waals surface area contributed by atoms with Gasteiger partial charge in [-0.2, -0.15) is 0 Å². The third kappa shape index (κ3) is 6.12. The molecule has 2 fully saturated rings. The van der Waals surface area contributed by atoms with Gasteiger partial charge in [0, 0.05) is 43.4 Å². The van der Waals surface area contributed by atoms with Crippen LogP contribution in [-0.4, -0.2) is 45.4 Å². The van der Waals surface area contributed by atoms with E-state index in [1.807, 2.05) is 23.7 Å². The Labute approximate surface area is 186 Å². The minimum Gasteiger partial charge on any atom is -0.300 e. The lowest BCUT2D eigenvalue weighted by molar-refractivity contribution is 0.0771. The van der Waals surface area contributed by atoms with Gasteiger partial charge in [0.2, 0.25) is 0 Å². The van der Waals surface area contributed by atoms with Crippen molar-refractivity contribution in [2.45, 2.75) is 83.8 Å². The van der Waals surface area contributed by atoms with E-state index in [2.05, 4.69) is 46.1 Å². The first-order valence-corrected chi connectivity index (χ1v) is 12.8. The summed E-state index contributed by atoms with van der Waals surface area (Å²) in [6.45, 7) is 10.1. The Bertz CT molecular complexity index is 754. The van der Waals surface area contributed by atoms with Crippen molar-refractivity contribution in [2.75, 3.05) is 19.6 Å². The third-order valence-electron chi connectivity index (χ3n) is 6.81. The van der Waals surface area contributed by atoms with E-state index in [-0.39, 0.29) is 0 Å². The van der Waals surface area contributed by atoms with Crippen LogP contribution in [0, 0.1) is 5.92 Å². The van der Waals surface area contributed by atoms with Crippen molar-refractivity contribution in [3.63, 3.8) is 0 Å². The van der Waals surface area contributed by atoms with Crippen LogP contribution in [0.15, 0.2) is 29.9 Å². The molecule has 0 aromatic carbocycles. The molecule has 0 radical (unpaired) electrons. The SMILES string of the molecule is CC(C)c1csc(CN(Cc2cccnc2)CC2CCCN(C3CCCCC3)C2)n1. The average molecular weight is 427 g/mol. The lowest BCUT2D eigenvalue weighted by atomic mass is 9.90. The van der Waals surface area contributed by atoms with Crippen LogP contribution in [0.3, 0.4) is 0 Å². The summed E-state index contributed by atoms with van der Waals surface area (Å²) >= 11 is 1.82. The van der Waals surface area contributed by atoms with E-state index in [1.54, 1.807) is 0 Å². The van der Waals surface area contributed by atoms with Gasteiger partial charge in [-0.15, -0.1) is 11.3 Å². The molecule has 1 unspecified atom stereocenters. The van der Waals surface area contributed by atoms with Crippen LogP contribution in [0.4, 0.5) is 0 Å². The monoisotopic (exact) mass is 426 g/mol. The highest BCUT2D eigenvalue weighted by molar-refractivity contribution is 7.09. The molecule has 4 nitrogen and oxygen atoms in total. The van der Waals surface area contributed by atoms with E-state index >= 15 is 0 Å². The zero-order chi connectivity index (χ0) is 20.8. The molecule has 164 valence electrons. The molecule has 0 N–H and O–H groups in total. The Morgan fingerprint density at radius 3 is 2.73 bits per heavy atom. The summed E-state index contributed by atoms with van der Waals surface area (Å²) in [5.41, 5.74) is 2.54. The largest absolute Gasteiger partial charge is 0.300 e. The molecule has 1 saturated carbocycles. The van der Waals surface area contributed by atoms with Crippen molar-refractivity contribution in [3.05, 3.63) is 46.2 Å². The van der Waals surface area contributed by atoms with E-state index in [1.165, 1.54) is 74.3 Å². The standard InChI is InChI=1S/C25H38N4S/c1-20(2)24-19-30-25(27-24)18-28(15-21-8-6-12-26-14-21)16-22-9-7-13-29(17-22)23-10-4-3-5-11-23/h6,8,12,14,19-20,22-23H,3-5,7,9-11,13,15-18H2,1-2H3. The van der Waals surface area contributed by atoms with E-state index in [9.17, 15) is 0 Å². The molecule has 2 aromatic heterocycles. The van der Waals surface area contributed by atoms with Crippen molar-refractivity contribution in [1.29, 1.82) is 0 Å². The molecule has 5 heteroatoms. The van der Waals surface area contributed by atoms with Crippen molar-refractivity contribution in [1.82, 2.24) is 19.8 Å². The fourth-order valence-electron chi connectivity index (χ4n) is 5.18. The first-order valence-electron chi connectivity index (χ1n) is 12.0. The predicted octanol–water partition coefficient (Wildman–Crippen LogP) is 5.71. The van der Waals surface area contributed by atoms with Gasteiger partial charge >= 0.3 is 0 Å². The maximum Gasteiger partial charge on any atom is 0.107 e. The Hall–Kier alpha value is -1.30. The van der Waals surface area contributed by atoms with Gasteiger partial charge in [-0.05, 0) is 55.7 Å². The van der Waals surface area contributed by atoms with E-state index in [0.717, 1.165) is 31.6 Å². The summed E-state index contributed by atoms with van der Waals surface area (Å²) in [7, 11) is 0. The Balaban J connectivity index is 1.41. The van der Waals surface area contributed by atoms with Gasteiger partial charge in [0.1, 0.15) is 5.01 Å². The van der Waals surface area contributed by atoms with Crippen LogP contribution < -0.4 is 0 Å². The van der Waals surface area contributed by atoms with Crippen LogP contribution in [0.2, 0.25) is 0 Å². The van der Waals surface area contributed by atoms with Crippen LogP contribution in [0.1, 0.15) is 81.0 Å². The number of aromatic nitrogens is 2. The average Bonchev–Trinajstić information content (AvgIpc) is 3.24. The summed E-state index contributed by atoms with van der Waals surface area (Å²) in [6.07, 6.45) is 13.8. The first-order chi connectivity index (χ1) is 14.7. The summed E-state index contributed by atoms with van der Waals surface area (Å²) in [6, 6.07) is 5.11. The van der Waals surface area contributed by atoms with Gasteiger partial charge in [-0.3, -0.25) is 9.88 Å². The molecule has 0 bridgehead atoms. The van der Waals surface area contributed by atoms with Crippen LogP contribution >= 0.6 is 11.3 Å². The van der Waals surface area contributed by atoms with Crippen LogP contribution in [0.5, 0.6) is 0 Å². The zero-order valence-corrected chi connectivity index (χ0v) is 19.6. The highest BCUT2D eigenvalue weighted by Gasteiger charge is 2.28. The number of likely N-dealkylation sites (tertiary alicyclic amines) is 1. The molecule has 0 spiro atoms. The molecule has 1 aliphatic carbocycles. The summed E-state index contributed by atoms with van der Waals surface area (Å²) in [5.74, 6) is 1.27. The normalized spacial score (nSPS) is 21.5. The highest BCUT2D eigenvalue weighted by atomic mass is 32.1. The third-order valence-corrected chi connectivity index (χ3v) is 7.66. The van der Waals surface area contributed by atoms with E-state index in [0.29, 0.717) is 5.92 Å². The second kappa shape index (κ2) is 10.8. The molecule has 1 aliphatic heterocycles. The molecule has 2 aromatic rings. The molecular weight excluding hydrogens is 388 g/mol. The predicted molar refractivity (Wildman–Crippen MR) is 126 cm³/mol. The van der Waals surface area contributed by atoms with Gasteiger partial charge in [-0.1, -0.05) is 39.2 Å². The fourth-order valence-corrected chi connectivity index (χ4v) is 6.18. The lowest BCUT2D eigenvalue weighted by Gasteiger charge is -2.41. The molecule has 30 heavy (non-hydrogen) atoms. The minimum absolute atomic E-state index is 0.504. The topological polar surface area (TPSA) is 32.3 Å². The van der Waals surface area contributed by atoms with Crippen molar-refractivity contribution < 1.29 is 0 Å². The van der Waals surface area contributed by atoms with Gasteiger partial charge in [0.15, 0.2) is 0 Å². The Morgan fingerprint density at radius 1 is 1.13 bits per heavy atom. The number of hydrogen-bond acceptors (Lipinski definition) is 5.